The molecule has 0 saturated carbocycles. The Bertz CT molecular complexity index is 544. The molecule has 0 spiro atoms. The number of terminal acetylenes is 1. The highest BCUT2D eigenvalue weighted by Gasteiger charge is 2.10. The molecule has 0 aliphatic rings. The summed E-state index contributed by atoms with van der Waals surface area (Å²) < 4.78 is 15.6. The molecule has 0 atom stereocenters. The molecule has 0 radical (unpaired) electrons. The first-order valence-corrected chi connectivity index (χ1v) is 5.85. The fourth-order valence-electron chi connectivity index (χ4n) is 1.55. The summed E-state index contributed by atoms with van der Waals surface area (Å²) in [5, 5.41) is 2.53. The van der Waals surface area contributed by atoms with Crippen molar-refractivity contribution < 1.29 is 19.0 Å². The zero-order chi connectivity index (χ0) is 15.0. The summed E-state index contributed by atoms with van der Waals surface area (Å²) in [6.07, 6.45) is 8.05. The van der Waals surface area contributed by atoms with Crippen LogP contribution in [0.1, 0.15) is 5.56 Å². The highest BCUT2D eigenvalue weighted by atomic mass is 16.5. The molecule has 0 saturated heterocycles. The Labute approximate surface area is 118 Å². The van der Waals surface area contributed by atoms with Crippen LogP contribution < -0.4 is 19.5 Å². The Balaban J connectivity index is 3.02. The predicted octanol–water partition coefficient (Wildman–Crippen LogP) is 1.47. The molecule has 0 heterocycles. The molecule has 0 aromatic heterocycles. The van der Waals surface area contributed by atoms with Gasteiger partial charge >= 0.3 is 0 Å². The van der Waals surface area contributed by atoms with Crippen LogP contribution in [0.3, 0.4) is 0 Å². The monoisotopic (exact) mass is 275 g/mol. The summed E-state index contributed by atoms with van der Waals surface area (Å²) in [6, 6.07) is 3.42. The molecule has 0 fully saturated rings. The summed E-state index contributed by atoms with van der Waals surface area (Å²) in [7, 11) is 4.62. The largest absolute Gasteiger partial charge is 0.496 e. The Morgan fingerprint density at radius 3 is 2.35 bits per heavy atom. The number of hydrogen-bond acceptors (Lipinski definition) is 4. The van der Waals surface area contributed by atoms with Gasteiger partial charge in [0.05, 0.1) is 27.9 Å². The van der Waals surface area contributed by atoms with Gasteiger partial charge in [-0.3, -0.25) is 4.79 Å². The SMILES string of the molecule is C#CCNC(=O)/C=C/c1cc(OC)c(OC)cc1OC. The second-order valence-corrected chi connectivity index (χ2v) is 3.70. The number of benzene rings is 1. The van der Waals surface area contributed by atoms with Crippen molar-refractivity contribution in [1.29, 1.82) is 0 Å². The van der Waals surface area contributed by atoms with Crippen molar-refractivity contribution >= 4 is 12.0 Å². The van der Waals surface area contributed by atoms with Crippen molar-refractivity contribution in [3.8, 4) is 29.6 Å². The second kappa shape index (κ2) is 7.74. The molecule has 1 aromatic rings. The van der Waals surface area contributed by atoms with Gasteiger partial charge in [-0.1, -0.05) is 5.92 Å². The topological polar surface area (TPSA) is 56.8 Å². The lowest BCUT2D eigenvalue weighted by Gasteiger charge is -2.12. The molecule has 1 N–H and O–H groups in total. The van der Waals surface area contributed by atoms with E-state index < -0.39 is 0 Å². The molecular weight excluding hydrogens is 258 g/mol. The van der Waals surface area contributed by atoms with E-state index in [9.17, 15) is 4.79 Å². The number of carbonyl (C=O) groups is 1. The second-order valence-electron chi connectivity index (χ2n) is 3.70. The molecule has 20 heavy (non-hydrogen) atoms. The maximum atomic E-state index is 11.5. The van der Waals surface area contributed by atoms with Gasteiger partial charge in [0.25, 0.3) is 0 Å². The number of hydrogen-bond donors (Lipinski definition) is 1. The van der Waals surface area contributed by atoms with Gasteiger partial charge in [0.1, 0.15) is 5.75 Å². The first-order chi connectivity index (χ1) is 9.65. The number of rotatable bonds is 6. The number of carbonyl (C=O) groups excluding carboxylic acids is 1. The van der Waals surface area contributed by atoms with Crippen LogP contribution in [0, 0.1) is 12.3 Å². The van der Waals surface area contributed by atoms with Crippen molar-refractivity contribution in [2.45, 2.75) is 0 Å². The molecule has 5 nitrogen and oxygen atoms in total. The molecule has 106 valence electrons. The van der Waals surface area contributed by atoms with Crippen molar-refractivity contribution in [2.24, 2.45) is 0 Å². The molecule has 5 heteroatoms. The third-order valence-corrected chi connectivity index (χ3v) is 2.51. The lowest BCUT2D eigenvalue weighted by molar-refractivity contribution is -0.116. The molecule has 1 rings (SSSR count). The summed E-state index contributed by atoms with van der Waals surface area (Å²) in [5.74, 6) is 3.73. The summed E-state index contributed by atoms with van der Waals surface area (Å²) in [4.78, 5) is 11.5. The molecule has 0 aliphatic carbocycles. The van der Waals surface area contributed by atoms with E-state index in [1.165, 1.54) is 20.3 Å². The standard InChI is InChI=1S/C15H17NO4/c1-5-8-16-15(17)7-6-11-9-13(19-3)14(20-4)10-12(11)18-2/h1,6-7,9-10H,8H2,2-4H3,(H,16,17)/b7-6+. The van der Waals surface area contributed by atoms with E-state index in [1.54, 1.807) is 25.3 Å². The molecule has 1 amide bonds. The Hall–Kier alpha value is -2.61. The normalized spacial score (nSPS) is 9.90. The summed E-state index contributed by atoms with van der Waals surface area (Å²) in [6.45, 7) is 0.187. The van der Waals surface area contributed by atoms with E-state index in [4.69, 9.17) is 20.6 Å². The van der Waals surface area contributed by atoms with Gasteiger partial charge in [0.15, 0.2) is 11.5 Å². The van der Waals surface area contributed by atoms with Gasteiger partial charge in [-0.2, -0.15) is 0 Å². The fraction of sp³-hybridized carbons (Fsp3) is 0.267. The highest BCUT2D eigenvalue weighted by Crippen LogP contribution is 2.35. The van der Waals surface area contributed by atoms with Crippen LogP contribution in [-0.4, -0.2) is 33.8 Å². The number of amides is 1. The van der Waals surface area contributed by atoms with Crippen molar-refractivity contribution in [3.63, 3.8) is 0 Å². The lowest BCUT2D eigenvalue weighted by atomic mass is 10.1. The van der Waals surface area contributed by atoms with E-state index in [0.29, 0.717) is 22.8 Å². The van der Waals surface area contributed by atoms with Gasteiger partial charge in [0, 0.05) is 17.7 Å². The van der Waals surface area contributed by atoms with Gasteiger partial charge in [-0.15, -0.1) is 6.42 Å². The van der Waals surface area contributed by atoms with Gasteiger partial charge < -0.3 is 19.5 Å². The zero-order valence-electron chi connectivity index (χ0n) is 11.7. The lowest BCUT2D eigenvalue weighted by Crippen LogP contribution is -2.20. The molecule has 0 unspecified atom stereocenters. The van der Waals surface area contributed by atoms with Crippen molar-refractivity contribution in [3.05, 3.63) is 23.8 Å². The number of methoxy groups -OCH3 is 3. The predicted molar refractivity (Wildman–Crippen MR) is 77.0 cm³/mol. The van der Waals surface area contributed by atoms with Crippen molar-refractivity contribution in [1.82, 2.24) is 5.32 Å². The van der Waals surface area contributed by atoms with Crippen LogP contribution >= 0.6 is 0 Å². The first kappa shape index (κ1) is 15.4. The van der Waals surface area contributed by atoms with Gasteiger partial charge in [0.2, 0.25) is 5.91 Å². The smallest absolute Gasteiger partial charge is 0.244 e. The first-order valence-electron chi connectivity index (χ1n) is 5.85. The molecule has 0 bridgehead atoms. The summed E-state index contributed by atoms with van der Waals surface area (Å²) in [5.41, 5.74) is 0.695. The third-order valence-electron chi connectivity index (χ3n) is 2.51. The minimum atomic E-state index is -0.278. The van der Waals surface area contributed by atoms with Crippen LogP contribution in [0.15, 0.2) is 18.2 Å². The molecular formula is C15H17NO4. The van der Waals surface area contributed by atoms with E-state index in [1.807, 2.05) is 0 Å². The van der Waals surface area contributed by atoms with E-state index in [2.05, 4.69) is 11.2 Å². The van der Waals surface area contributed by atoms with Gasteiger partial charge in [-0.05, 0) is 12.1 Å². The van der Waals surface area contributed by atoms with Crippen LogP contribution in [0.4, 0.5) is 0 Å². The minimum Gasteiger partial charge on any atom is -0.496 e. The highest BCUT2D eigenvalue weighted by molar-refractivity contribution is 5.92. The quantitative estimate of drug-likeness (QED) is 0.631. The number of nitrogens with one attached hydrogen (secondary N) is 1. The minimum absolute atomic E-state index is 0.187. The third kappa shape index (κ3) is 3.95. The average molecular weight is 275 g/mol. The maximum Gasteiger partial charge on any atom is 0.244 e. The van der Waals surface area contributed by atoms with E-state index in [-0.39, 0.29) is 12.5 Å². The summed E-state index contributed by atoms with van der Waals surface area (Å²) >= 11 is 0. The Kier molecular flexibility index (Phi) is 5.98. The molecule has 0 aliphatic heterocycles. The van der Waals surface area contributed by atoms with E-state index >= 15 is 0 Å². The number of ether oxygens (including phenoxy) is 3. The maximum absolute atomic E-state index is 11.5. The van der Waals surface area contributed by atoms with Crippen LogP contribution in [0.5, 0.6) is 17.2 Å². The van der Waals surface area contributed by atoms with Gasteiger partial charge in [-0.25, -0.2) is 0 Å². The van der Waals surface area contributed by atoms with Crippen LogP contribution in [0.25, 0.3) is 6.08 Å². The van der Waals surface area contributed by atoms with Crippen LogP contribution in [-0.2, 0) is 4.79 Å². The Morgan fingerprint density at radius 2 is 1.80 bits per heavy atom. The Morgan fingerprint density at radius 1 is 1.20 bits per heavy atom. The van der Waals surface area contributed by atoms with Crippen molar-refractivity contribution in [2.75, 3.05) is 27.9 Å². The van der Waals surface area contributed by atoms with E-state index in [0.717, 1.165) is 0 Å². The molecule has 1 aromatic carbocycles. The van der Waals surface area contributed by atoms with Crippen LogP contribution in [0.2, 0.25) is 0 Å². The fourth-order valence-corrected chi connectivity index (χ4v) is 1.55. The average Bonchev–Trinajstić information content (AvgIpc) is 2.49. The zero-order valence-corrected chi connectivity index (χ0v) is 11.7.